The molecule has 1 saturated carbocycles. The summed E-state index contributed by atoms with van der Waals surface area (Å²) in [4.78, 5) is 21.9. The third kappa shape index (κ3) is 5.28. The van der Waals surface area contributed by atoms with Gasteiger partial charge in [-0.2, -0.15) is 0 Å². The number of carboxylic acids is 1. The SMILES string of the molecule is COC1CCCC(S(=O)CC(NC(C)=O)C(=O)O)C1. The molecule has 4 unspecified atom stereocenters. The highest BCUT2D eigenvalue weighted by Gasteiger charge is 2.30. The number of aliphatic carboxylic acids is 1. The van der Waals surface area contributed by atoms with Crippen molar-refractivity contribution in [2.75, 3.05) is 12.9 Å². The minimum absolute atomic E-state index is 0.0456. The number of ether oxygens (including phenoxy) is 1. The number of carbonyl (C=O) groups excluding carboxylic acids is 1. The van der Waals surface area contributed by atoms with Crippen molar-refractivity contribution in [2.24, 2.45) is 0 Å². The number of hydrogen-bond donors (Lipinski definition) is 2. The van der Waals surface area contributed by atoms with Gasteiger partial charge in [0.25, 0.3) is 0 Å². The Bertz CT molecular complexity index is 360. The molecule has 1 aliphatic carbocycles. The van der Waals surface area contributed by atoms with E-state index < -0.39 is 28.7 Å². The third-order valence-electron chi connectivity index (χ3n) is 3.29. The number of methoxy groups -OCH3 is 1. The van der Waals surface area contributed by atoms with E-state index in [0.29, 0.717) is 6.42 Å². The summed E-state index contributed by atoms with van der Waals surface area (Å²) in [6.07, 6.45) is 3.51. The monoisotopic (exact) mass is 291 g/mol. The van der Waals surface area contributed by atoms with Crippen LogP contribution in [0.1, 0.15) is 32.6 Å². The lowest BCUT2D eigenvalue weighted by Crippen LogP contribution is -2.45. The molecule has 0 spiro atoms. The zero-order valence-electron chi connectivity index (χ0n) is 11.3. The summed E-state index contributed by atoms with van der Waals surface area (Å²) in [5.74, 6) is -1.62. The van der Waals surface area contributed by atoms with Gasteiger partial charge in [-0.1, -0.05) is 0 Å². The molecule has 1 fully saturated rings. The van der Waals surface area contributed by atoms with E-state index in [1.165, 1.54) is 6.92 Å². The van der Waals surface area contributed by atoms with Crippen LogP contribution in [-0.2, 0) is 25.1 Å². The van der Waals surface area contributed by atoms with E-state index in [9.17, 15) is 13.8 Å². The standard InChI is InChI=1S/C12H21NO5S/c1-8(14)13-11(12(15)16)7-19(17)10-5-3-4-9(6-10)18-2/h9-11H,3-7H2,1-2H3,(H,13,14)(H,15,16). The molecular weight excluding hydrogens is 270 g/mol. The highest BCUT2D eigenvalue weighted by atomic mass is 32.2. The van der Waals surface area contributed by atoms with Crippen LogP contribution in [0.25, 0.3) is 0 Å². The predicted molar refractivity (Wildman–Crippen MR) is 71.3 cm³/mol. The van der Waals surface area contributed by atoms with Crippen molar-refractivity contribution in [3.8, 4) is 0 Å². The molecule has 1 amide bonds. The van der Waals surface area contributed by atoms with E-state index >= 15 is 0 Å². The normalized spacial score (nSPS) is 26.4. The number of amides is 1. The second-order valence-corrected chi connectivity index (χ2v) is 6.55. The van der Waals surface area contributed by atoms with Gasteiger partial charge in [-0.25, -0.2) is 4.79 Å². The zero-order valence-corrected chi connectivity index (χ0v) is 12.1. The van der Waals surface area contributed by atoms with Crippen LogP contribution in [0.3, 0.4) is 0 Å². The Labute approximate surface area is 115 Å². The van der Waals surface area contributed by atoms with Crippen LogP contribution in [0, 0.1) is 0 Å². The second-order valence-electron chi connectivity index (χ2n) is 4.79. The van der Waals surface area contributed by atoms with Gasteiger partial charge in [-0.05, 0) is 25.7 Å². The average molecular weight is 291 g/mol. The highest BCUT2D eigenvalue weighted by Crippen LogP contribution is 2.24. The second kappa shape index (κ2) is 7.59. The van der Waals surface area contributed by atoms with Crippen molar-refractivity contribution >= 4 is 22.7 Å². The summed E-state index contributed by atoms with van der Waals surface area (Å²) in [6.45, 7) is 1.25. The lowest BCUT2D eigenvalue weighted by Gasteiger charge is -2.28. The molecule has 0 bridgehead atoms. The number of hydrogen-bond acceptors (Lipinski definition) is 4. The summed E-state index contributed by atoms with van der Waals surface area (Å²) < 4.78 is 17.5. The summed E-state index contributed by atoms with van der Waals surface area (Å²) >= 11 is 0. The number of nitrogens with one attached hydrogen (secondary N) is 1. The maximum absolute atomic E-state index is 12.2. The quantitative estimate of drug-likeness (QED) is 0.733. The molecule has 1 aliphatic rings. The van der Waals surface area contributed by atoms with Gasteiger partial charge in [0.2, 0.25) is 5.91 Å². The fraction of sp³-hybridized carbons (Fsp3) is 0.833. The first-order valence-corrected chi connectivity index (χ1v) is 7.72. The molecule has 0 aromatic rings. The van der Waals surface area contributed by atoms with Crippen LogP contribution in [0.4, 0.5) is 0 Å². The molecule has 110 valence electrons. The molecule has 1 rings (SSSR count). The van der Waals surface area contributed by atoms with Crippen molar-refractivity contribution < 1.29 is 23.6 Å². The fourth-order valence-electron chi connectivity index (χ4n) is 2.28. The largest absolute Gasteiger partial charge is 0.480 e. The fourth-order valence-corrected chi connectivity index (χ4v) is 3.96. The van der Waals surface area contributed by atoms with E-state index in [0.717, 1.165) is 19.3 Å². The van der Waals surface area contributed by atoms with Crippen LogP contribution in [0.15, 0.2) is 0 Å². The Morgan fingerprint density at radius 1 is 1.47 bits per heavy atom. The van der Waals surface area contributed by atoms with Crippen LogP contribution in [0.2, 0.25) is 0 Å². The summed E-state index contributed by atoms with van der Waals surface area (Å²) in [5.41, 5.74) is 0. The van der Waals surface area contributed by atoms with E-state index in [4.69, 9.17) is 9.84 Å². The molecule has 0 radical (unpaired) electrons. The van der Waals surface area contributed by atoms with Crippen LogP contribution < -0.4 is 5.32 Å². The highest BCUT2D eigenvalue weighted by molar-refractivity contribution is 7.85. The van der Waals surface area contributed by atoms with Crippen LogP contribution >= 0.6 is 0 Å². The molecule has 0 saturated heterocycles. The topological polar surface area (TPSA) is 92.7 Å². The lowest BCUT2D eigenvalue weighted by molar-refractivity contribution is -0.140. The molecule has 6 nitrogen and oxygen atoms in total. The molecule has 4 atom stereocenters. The molecule has 19 heavy (non-hydrogen) atoms. The first-order chi connectivity index (χ1) is 8.93. The van der Waals surface area contributed by atoms with Gasteiger partial charge < -0.3 is 15.2 Å². The smallest absolute Gasteiger partial charge is 0.327 e. The summed E-state index contributed by atoms with van der Waals surface area (Å²) in [5, 5.41) is 11.3. The van der Waals surface area contributed by atoms with Crippen LogP contribution in [0.5, 0.6) is 0 Å². The number of rotatable bonds is 6. The van der Waals surface area contributed by atoms with Gasteiger partial charge in [0.15, 0.2) is 0 Å². The molecule has 0 aliphatic heterocycles. The lowest BCUT2D eigenvalue weighted by atomic mass is 9.97. The molecule has 2 N–H and O–H groups in total. The van der Waals surface area contributed by atoms with Gasteiger partial charge in [0.05, 0.1) is 11.9 Å². The average Bonchev–Trinajstić information content (AvgIpc) is 2.37. The molecule has 0 heterocycles. The van der Waals surface area contributed by atoms with Crippen molar-refractivity contribution in [1.29, 1.82) is 0 Å². The summed E-state index contributed by atoms with van der Waals surface area (Å²) in [7, 11) is 0.361. The van der Waals surface area contributed by atoms with E-state index in [-0.39, 0.29) is 17.1 Å². The molecule has 7 heteroatoms. The maximum Gasteiger partial charge on any atom is 0.327 e. The Kier molecular flexibility index (Phi) is 6.44. The van der Waals surface area contributed by atoms with Crippen molar-refractivity contribution in [3.63, 3.8) is 0 Å². The van der Waals surface area contributed by atoms with Crippen molar-refractivity contribution in [2.45, 2.75) is 50.0 Å². The molecular formula is C12H21NO5S. The third-order valence-corrected chi connectivity index (χ3v) is 5.12. The van der Waals surface area contributed by atoms with E-state index in [1.807, 2.05) is 0 Å². The maximum atomic E-state index is 12.2. The predicted octanol–water partition coefficient (Wildman–Crippen LogP) is 0.282. The first-order valence-electron chi connectivity index (χ1n) is 6.34. The van der Waals surface area contributed by atoms with Crippen molar-refractivity contribution in [3.05, 3.63) is 0 Å². The Balaban J connectivity index is 2.56. The zero-order chi connectivity index (χ0) is 14.4. The molecule has 0 aromatic heterocycles. The van der Waals surface area contributed by atoms with Crippen molar-refractivity contribution in [1.82, 2.24) is 5.32 Å². The van der Waals surface area contributed by atoms with Gasteiger partial charge in [-0.15, -0.1) is 0 Å². The Morgan fingerprint density at radius 3 is 2.68 bits per heavy atom. The number of carbonyl (C=O) groups is 2. The molecule has 0 aromatic carbocycles. The minimum Gasteiger partial charge on any atom is -0.480 e. The Morgan fingerprint density at radius 2 is 2.16 bits per heavy atom. The minimum atomic E-state index is -1.27. The first kappa shape index (κ1) is 16.1. The van der Waals surface area contributed by atoms with Gasteiger partial charge in [-0.3, -0.25) is 9.00 Å². The Hall–Kier alpha value is -0.950. The number of carboxylic acid groups (broad SMARTS) is 1. The van der Waals surface area contributed by atoms with Gasteiger partial charge in [0.1, 0.15) is 6.04 Å². The summed E-state index contributed by atoms with van der Waals surface area (Å²) in [6, 6.07) is -1.08. The van der Waals surface area contributed by atoms with E-state index in [1.54, 1.807) is 7.11 Å². The van der Waals surface area contributed by atoms with Crippen LogP contribution in [-0.4, -0.2) is 51.5 Å². The van der Waals surface area contributed by atoms with Gasteiger partial charge >= 0.3 is 5.97 Å². The van der Waals surface area contributed by atoms with Gasteiger partial charge in [0, 0.05) is 30.1 Å². The van der Waals surface area contributed by atoms with E-state index in [2.05, 4.69) is 5.32 Å².